The second-order valence-corrected chi connectivity index (χ2v) is 6.76. The molecule has 1 aromatic heterocycles. The highest BCUT2D eigenvalue weighted by atomic mass is 16.5. The summed E-state index contributed by atoms with van der Waals surface area (Å²) >= 11 is 0. The van der Waals surface area contributed by atoms with E-state index in [4.69, 9.17) is 4.74 Å². The van der Waals surface area contributed by atoms with E-state index in [0.717, 1.165) is 18.8 Å². The van der Waals surface area contributed by atoms with E-state index in [1.165, 1.54) is 44.1 Å². The molecule has 0 radical (unpaired) electrons. The molecule has 2 aliphatic rings. The van der Waals surface area contributed by atoms with E-state index in [1.54, 1.807) is 12.7 Å². The summed E-state index contributed by atoms with van der Waals surface area (Å²) in [5.41, 5.74) is 2.58. The molecule has 1 N–H and O–H groups in total. The van der Waals surface area contributed by atoms with Crippen LogP contribution in [0.1, 0.15) is 44.1 Å². The predicted molar refractivity (Wildman–Crippen MR) is 88.4 cm³/mol. The Kier molecular flexibility index (Phi) is 4.14. The second kappa shape index (κ2) is 6.42. The lowest BCUT2D eigenvalue weighted by Gasteiger charge is -2.36. The monoisotopic (exact) mass is 312 g/mol. The first-order valence-corrected chi connectivity index (χ1v) is 8.65. The molecule has 4 rings (SSSR count). The molecule has 0 amide bonds. The molecule has 0 unspecified atom stereocenters. The molecule has 1 aliphatic carbocycles. The van der Waals surface area contributed by atoms with Gasteiger partial charge in [0, 0.05) is 19.2 Å². The van der Waals surface area contributed by atoms with Gasteiger partial charge in [0.1, 0.15) is 12.7 Å². The largest absolute Gasteiger partial charge is 0.375 e. The Morgan fingerprint density at radius 1 is 1.22 bits per heavy atom. The first kappa shape index (κ1) is 14.8. The summed E-state index contributed by atoms with van der Waals surface area (Å²) in [6.07, 6.45) is 10.7. The van der Waals surface area contributed by atoms with E-state index in [0.29, 0.717) is 6.04 Å². The van der Waals surface area contributed by atoms with Crippen LogP contribution in [-0.4, -0.2) is 33.0 Å². The van der Waals surface area contributed by atoms with Gasteiger partial charge in [-0.1, -0.05) is 18.2 Å². The van der Waals surface area contributed by atoms with Crippen molar-refractivity contribution in [3.8, 4) is 5.69 Å². The maximum Gasteiger partial charge on any atom is 0.138 e. The maximum atomic E-state index is 6.01. The Morgan fingerprint density at radius 3 is 2.83 bits per heavy atom. The molecule has 0 bridgehead atoms. The summed E-state index contributed by atoms with van der Waals surface area (Å²) in [7, 11) is 0. The van der Waals surface area contributed by atoms with Crippen LogP contribution in [0.5, 0.6) is 0 Å². The molecule has 2 heterocycles. The van der Waals surface area contributed by atoms with Gasteiger partial charge in [0.25, 0.3) is 0 Å². The molecule has 1 spiro atoms. The van der Waals surface area contributed by atoms with Crippen molar-refractivity contribution in [1.29, 1.82) is 0 Å². The van der Waals surface area contributed by atoms with Gasteiger partial charge in [-0.2, -0.15) is 5.10 Å². The first-order chi connectivity index (χ1) is 11.3. The summed E-state index contributed by atoms with van der Waals surface area (Å²) < 4.78 is 7.85. The van der Waals surface area contributed by atoms with Gasteiger partial charge in [-0.3, -0.25) is 0 Å². The van der Waals surface area contributed by atoms with Crippen molar-refractivity contribution in [3.63, 3.8) is 0 Å². The van der Waals surface area contributed by atoms with Crippen LogP contribution in [0.3, 0.4) is 0 Å². The molecule has 5 nitrogen and oxygen atoms in total. The summed E-state index contributed by atoms with van der Waals surface area (Å²) in [5, 5.41) is 7.98. The van der Waals surface area contributed by atoms with Gasteiger partial charge in [-0.05, 0) is 50.2 Å². The lowest BCUT2D eigenvalue weighted by Crippen LogP contribution is -2.40. The highest BCUT2D eigenvalue weighted by Crippen LogP contribution is 2.39. The summed E-state index contributed by atoms with van der Waals surface area (Å²) in [5.74, 6) is 0. The molecular weight excluding hydrogens is 288 g/mol. The Balaban J connectivity index is 1.37. The van der Waals surface area contributed by atoms with Crippen molar-refractivity contribution >= 4 is 0 Å². The molecule has 2 aromatic rings. The van der Waals surface area contributed by atoms with Crippen molar-refractivity contribution in [3.05, 3.63) is 42.5 Å². The highest BCUT2D eigenvalue weighted by molar-refractivity contribution is 5.39. The summed E-state index contributed by atoms with van der Waals surface area (Å²) in [6.45, 7) is 1.83. The van der Waals surface area contributed by atoms with Crippen molar-refractivity contribution in [2.75, 3.05) is 6.61 Å². The van der Waals surface area contributed by atoms with Crippen molar-refractivity contribution in [2.24, 2.45) is 0 Å². The lowest BCUT2D eigenvalue weighted by molar-refractivity contribution is -0.0301. The zero-order valence-corrected chi connectivity index (χ0v) is 13.4. The molecular formula is C18H24N4O. The van der Waals surface area contributed by atoms with Gasteiger partial charge >= 0.3 is 0 Å². The standard InChI is InChI=1S/C18H24N4O/c1-2-5-17(22-14-19-13-21-22)15(4-1)12-20-16-6-9-18(10-7-16)8-3-11-23-18/h1-2,4-5,13-14,16,20H,3,6-12H2. The van der Waals surface area contributed by atoms with Gasteiger partial charge in [0.05, 0.1) is 11.3 Å². The highest BCUT2D eigenvalue weighted by Gasteiger charge is 2.38. The van der Waals surface area contributed by atoms with Crippen molar-refractivity contribution in [2.45, 2.75) is 56.7 Å². The molecule has 2 fully saturated rings. The van der Waals surface area contributed by atoms with Gasteiger partial charge in [0.15, 0.2) is 0 Å². The number of ether oxygens (including phenoxy) is 1. The van der Waals surface area contributed by atoms with E-state index < -0.39 is 0 Å². The Morgan fingerprint density at radius 2 is 2.09 bits per heavy atom. The Hall–Kier alpha value is -1.72. The average Bonchev–Trinajstić information content (AvgIpc) is 3.27. The van der Waals surface area contributed by atoms with Crippen molar-refractivity contribution in [1.82, 2.24) is 20.1 Å². The van der Waals surface area contributed by atoms with Crippen LogP contribution >= 0.6 is 0 Å². The zero-order valence-electron chi connectivity index (χ0n) is 13.4. The van der Waals surface area contributed by atoms with Crippen LogP contribution in [0, 0.1) is 0 Å². The van der Waals surface area contributed by atoms with Crippen LogP contribution in [0.25, 0.3) is 5.69 Å². The van der Waals surface area contributed by atoms with Crippen LogP contribution < -0.4 is 5.32 Å². The molecule has 0 atom stereocenters. The number of aromatic nitrogens is 3. The van der Waals surface area contributed by atoms with E-state index in [9.17, 15) is 0 Å². The Bertz CT molecular complexity index is 624. The molecule has 1 saturated heterocycles. The lowest BCUT2D eigenvalue weighted by atomic mass is 9.80. The van der Waals surface area contributed by atoms with E-state index >= 15 is 0 Å². The molecule has 23 heavy (non-hydrogen) atoms. The van der Waals surface area contributed by atoms with Gasteiger partial charge in [0.2, 0.25) is 0 Å². The SMILES string of the molecule is c1ccc(-n2cncn2)c(CNC2CCC3(CCCO3)CC2)c1. The predicted octanol–water partition coefficient (Wildman–Crippen LogP) is 2.85. The van der Waals surface area contributed by atoms with Crippen molar-refractivity contribution < 1.29 is 4.74 Å². The molecule has 122 valence electrons. The number of hydrogen-bond acceptors (Lipinski definition) is 4. The maximum absolute atomic E-state index is 6.01. The fourth-order valence-corrected chi connectivity index (χ4v) is 3.97. The van der Waals surface area contributed by atoms with Crippen LogP contribution in [0.2, 0.25) is 0 Å². The normalized spacial score (nSPS) is 27.6. The zero-order chi connectivity index (χ0) is 15.5. The van der Waals surface area contributed by atoms with Gasteiger partial charge in [-0.25, -0.2) is 9.67 Å². The molecule has 1 aliphatic heterocycles. The third-order valence-electron chi connectivity index (χ3n) is 5.32. The first-order valence-electron chi connectivity index (χ1n) is 8.65. The van der Waals surface area contributed by atoms with Crippen LogP contribution in [-0.2, 0) is 11.3 Å². The summed E-state index contributed by atoms with van der Waals surface area (Å²) in [6, 6.07) is 8.97. The minimum absolute atomic E-state index is 0.219. The number of benzene rings is 1. The van der Waals surface area contributed by atoms with E-state index in [-0.39, 0.29) is 5.60 Å². The number of hydrogen-bond donors (Lipinski definition) is 1. The van der Waals surface area contributed by atoms with E-state index in [2.05, 4.69) is 33.6 Å². The fraction of sp³-hybridized carbons (Fsp3) is 0.556. The third-order valence-corrected chi connectivity index (χ3v) is 5.32. The third kappa shape index (κ3) is 3.16. The Labute approximate surface area is 137 Å². The molecule has 1 saturated carbocycles. The smallest absolute Gasteiger partial charge is 0.138 e. The number of rotatable bonds is 4. The van der Waals surface area contributed by atoms with Crippen LogP contribution in [0.15, 0.2) is 36.9 Å². The number of nitrogens with one attached hydrogen (secondary N) is 1. The average molecular weight is 312 g/mol. The fourth-order valence-electron chi connectivity index (χ4n) is 3.97. The molecule has 1 aromatic carbocycles. The summed E-state index contributed by atoms with van der Waals surface area (Å²) in [4.78, 5) is 4.05. The quantitative estimate of drug-likeness (QED) is 0.943. The minimum atomic E-state index is 0.219. The van der Waals surface area contributed by atoms with Gasteiger partial charge in [-0.15, -0.1) is 0 Å². The minimum Gasteiger partial charge on any atom is -0.375 e. The van der Waals surface area contributed by atoms with E-state index in [1.807, 2.05) is 10.7 Å². The topological polar surface area (TPSA) is 52.0 Å². The second-order valence-electron chi connectivity index (χ2n) is 6.76. The number of nitrogens with zero attached hydrogens (tertiary/aromatic N) is 3. The number of para-hydroxylation sites is 1. The molecule has 5 heteroatoms. The van der Waals surface area contributed by atoms with Crippen LogP contribution in [0.4, 0.5) is 0 Å². The van der Waals surface area contributed by atoms with Gasteiger partial charge < -0.3 is 10.1 Å².